The van der Waals surface area contributed by atoms with Crippen molar-refractivity contribution in [2.24, 2.45) is 5.92 Å². The Labute approximate surface area is 209 Å². The number of hydrogen-bond acceptors (Lipinski definition) is 6. The summed E-state index contributed by atoms with van der Waals surface area (Å²) in [5.41, 5.74) is 2.63. The molecule has 10 nitrogen and oxygen atoms in total. The number of rotatable bonds is 10. The zero-order valence-corrected chi connectivity index (χ0v) is 20.6. The van der Waals surface area contributed by atoms with Crippen LogP contribution in [-0.2, 0) is 20.9 Å². The van der Waals surface area contributed by atoms with Crippen molar-refractivity contribution in [1.82, 2.24) is 9.88 Å². The molecule has 10 heteroatoms. The molecule has 0 saturated heterocycles. The van der Waals surface area contributed by atoms with Crippen molar-refractivity contribution in [2.45, 2.75) is 58.6 Å². The monoisotopic (exact) mass is 500 g/mol. The van der Waals surface area contributed by atoms with Gasteiger partial charge in [-0.25, -0.2) is 4.79 Å². The number of hydrogen-bond donors (Lipinski definition) is 4. The molecule has 1 aliphatic heterocycles. The molecule has 1 aromatic carbocycles. The highest BCUT2D eigenvalue weighted by atomic mass is 16.4. The highest BCUT2D eigenvalue weighted by molar-refractivity contribution is 6.00. The minimum Gasteiger partial charge on any atom is -0.481 e. The molecule has 2 aromatic rings. The molecule has 1 aliphatic rings. The predicted octanol–water partition coefficient (Wildman–Crippen LogP) is 3.20. The molecule has 36 heavy (non-hydrogen) atoms. The minimum atomic E-state index is -2.74. The Morgan fingerprint density at radius 3 is 2.14 bits per heavy atom. The fourth-order valence-corrected chi connectivity index (χ4v) is 4.15. The quantitative estimate of drug-likeness (QED) is 0.383. The highest BCUT2D eigenvalue weighted by Crippen LogP contribution is 2.32. The largest absolute Gasteiger partial charge is 0.481 e. The van der Waals surface area contributed by atoms with Crippen LogP contribution in [0.4, 0.5) is 0 Å². The topological polar surface area (TPSA) is 165 Å². The normalized spacial score (nSPS) is 12.7. The first-order valence-corrected chi connectivity index (χ1v) is 11.6. The molecule has 1 amide bonds. The van der Waals surface area contributed by atoms with E-state index in [4.69, 9.17) is 20.4 Å². The molecule has 2 heterocycles. The van der Waals surface area contributed by atoms with E-state index < -0.39 is 36.4 Å². The van der Waals surface area contributed by atoms with E-state index in [0.29, 0.717) is 5.92 Å². The van der Waals surface area contributed by atoms with Gasteiger partial charge in [0, 0.05) is 36.6 Å². The average molecular weight is 501 g/mol. The Morgan fingerprint density at radius 2 is 1.67 bits per heavy atom. The molecule has 0 aliphatic carbocycles. The zero-order chi connectivity index (χ0) is 27.0. The van der Waals surface area contributed by atoms with Gasteiger partial charge in [0.05, 0.1) is 12.8 Å². The van der Waals surface area contributed by atoms with Gasteiger partial charge in [0.25, 0.3) is 5.91 Å². The van der Waals surface area contributed by atoms with E-state index in [1.165, 1.54) is 0 Å². The van der Waals surface area contributed by atoms with E-state index in [2.05, 4.69) is 37.0 Å². The van der Waals surface area contributed by atoms with Gasteiger partial charge in [-0.2, -0.15) is 0 Å². The van der Waals surface area contributed by atoms with Crippen LogP contribution in [0.25, 0.3) is 11.1 Å². The molecule has 194 valence electrons. The van der Waals surface area contributed by atoms with E-state index in [0.717, 1.165) is 53.7 Å². The number of carboxylic acid groups (broad SMARTS) is 3. The van der Waals surface area contributed by atoms with Gasteiger partial charge in [-0.05, 0) is 41.7 Å². The van der Waals surface area contributed by atoms with Crippen LogP contribution < -0.4 is 0 Å². The number of carbonyl (C=O) groups excluding carboxylic acids is 1. The first-order chi connectivity index (χ1) is 16.9. The van der Waals surface area contributed by atoms with Gasteiger partial charge in [0.1, 0.15) is 0 Å². The number of carboxylic acids is 3. The number of benzene rings is 1. The lowest BCUT2D eigenvalue weighted by atomic mass is 9.96. The van der Waals surface area contributed by atoms with Gasteiger partial charge in [-0.1, -0.05) is 38.8 Å². The van der Waals surface area contributed by atoms with Crippen LogP contribution in [0.5, 0.6) is 0 Å². The number of amides is 1. The number of fused-ring (bicyclic) bond motifs is 1. The summed E-state index contributed by atoms with van der Waals surface area (Å²) in [7, 11) is 0. The number of aromatic nitrogens is 1. The summed E-state index contributed by atoms with van der Waals surface area (Å²) in [5, 5.41) is 33.8. The highest BCUT2D eigenvalue weighted by Gasteiger charge is 2.40. The van der Waals surface area contributed by atoms with Gasteiger partial charge < -0.3 is 25.3 Å². The SMILES string of the molecule is CCC(CC)CN1Cc2cc(-c3cccnc3)cc(C)c2C1=O.O=C(O)CC(O)(CC(=O)O)C(=O)O. The van der Waals surface area contributed by atoms with Crippen molar-refractivity contribution >= 4 is 23.8 Å². The first kappa shape index (κ1) is 28.4. The zero-order valence-electron chi connectivity index (χ0n) is 20.6. The van der Waals surface area contributed by atoms with Crippen molar-refractivity contribution in [3.05, 3.63) is 53.3 Å². The molecular weight excluding hydrogens is 468 g/mol. The van der Waals surface area contributed by atoms with Gasteiger partial charge in [0.2, 0.25) is 0 Å². The summed E-state index contributed by atoms with van der Waals surface area (Å²) in [6.07, 6.45) is 3.61. The van der Waals surface area contributed by atoms with Crippen LogP contribution in [0.3, 0.4) is 0 Å². The lowest BCUT2D eigenvalue weighted by Gasteiger charge is -2.21. The Hall–Kier alpha value is -3.79. The fourth-order valence-electron chi connectivity index (χ4n) is 4.15. The Kier molecular flexibility index (Phi) is 9.68. The summed E-state index contributed by atoms with van der Waals surface area (Å²) in [4.78, 5) is 49.4. The number of pyridine rings is 1. The Balaban J connectivity index is 0.000000302. The molecule has 0 radical (unpaired) electrons. The number of aliphatic hydroxyl groups is 1. The smallest absolute Gasteiger partial charge is 0.336 e. The second kappa shape index (κ2) is 12.3. The maximum absolute atomic E-state index is 12.7. The third-order valence-corrected chi connectivity index (χ3v) is 6.19. The number of carbonyl (C=O) groups is 4. The summed E-state index contributed by atoms with van der Waals surface area (Å²) >= 11 is 0. The van der Waals surface area contributed by atoms with Crippen molar-refractivity contribution in [2.75, 3.05) is 6.54 Å². The van der Waals surface area contributed by atoms with E-state index >= 15 is 0 Å². The third kappa shape index (κ3) is 7.11. The molecule has 0 atom stereocenters. The Bertz CT molecular complexity index is 1100. The summed E-state index contributed by atoms with van der Waals surface area (Å²) < 4.78 is 0. The van der Waals surface area contributed by atoms with Crippen LogP contribution in [0.1, 0.15) is 61.0 Å². The van der Waals surface area contributed by atoms with Gasteiger partial charge in [-0.3, -0.25) is 19.4 Å². The maximum Gasteiger partial charge on any atom is 0.336 e. The number of aliphatic carboxylic acids is 3. The molecule has 0 unspecified atom stereocenters. The van der Waals surface area contributed by atoms with Crippen molar-refractivity contribution in [3.8, 4) is 11.1 Å². The van der Waals surface area contributed by atoms with E-state index in [1.54, 1.807) is 6.20 Å². The van der Waals surface area contributed by atoms with Gasteiger partial charge in [-0.15, -0.1) is 0 Å². The van der Waals surface area contributed by atoms with E-state index in [1.807, 2.05) is 24.1 Å². The number of aryl methyl sites for hydroxylation is 1. The van der Waals surface area contributed by atoms with E-state index in [9.17, 15) is 19.2 Å². The first-order valence-electron chi connectivity index (χ1n) is 11.6. The van der Waals surface area contributed by atoms with Crippen molar-refractivity contribution in [1.29, 1.82) is 0 Å². The molecule has 0 spiro atoms. The molecule has 1 aromatic heterocycles. The maximum atomic E-state index is 12.7. The number of nitrogens with zero attached hydrogens (tertiary/aromatic N) is 2. The molecule has 0 bridgehead atoms. The molecule has 0 fully saturated rings. The van der Waals surface area contributed by atoms with Crippen molar-refractivity contribution < 1.29 is 39.6 Å². The third-order valence-electron chi connectivity index (χ3n) is 6.19. The lowest BCUT2D eigenvalue weighted by Crippen LogP contribution is -2.42. The predicted molar refractivity (Wildman–Crippen MR) is 130 cm³/mol. The molecule has 3 rings (SSSR count). The second-order valence-electron chi connectivity index (χ2n) is 8.91. The van der Waals surface area contributed by atoms with Crippen LogP contribution in [0.2, 0.25) is 0 Å². The van der Waals surface area contributed by atoms with Crippen molar-refractivity contribution in [3.63, 3.8) is 0 Å². The Morgan fingerprint density at radius 1 is 1.06 bits per heavy atom. The van der Waals surface area contributed by atoms with Gasteiger partial charge >= 0.3 is 17.9 Å². The summed E-state index contributed by atoms with van der Waals surface area (Å²) in [6, 6.07) is 8.27. The molecule has 0 saturated carbocycles. The second-order valence-corrected chi connectivity index (χ2v) is 8.91. The van der Waals surface area contributed by atoms with Crippen LogP contribution in [0, 0.1) is 12.8 Å². The summed E-state index contributed by atoms with van der Waals surface area (Å²) in [5.74, 6) is -4.23. The van der Waals surface area contributed by atoms with Crippen LogP contribution in [0.15, 0.2) is 36.7 Å². The summed E-state index contributed by atoms with van der Waals surface area (Å²) in [6.45, 7) is 8.04. The lowest BCUT2D eigenvalue weighted by molar-refractivity contribution is -0.170. The van der Waals surface area contributed by atoms with Crippen LogP contribution in [-0.4, -0.2) is 66.3 Å². The molecular formula is C26H32N2O8. The standard InChI is InChI=1S/C20H24N2O.C6H8O7/c1-4-15(5-2)12-22-13-18-10-17(16-7-6-8-21-11-16)9-14(3)19(18)20(22)23;7-3(8)1-6(13,5(11)12)2-4(9)10/h6-11,15H,4-5,12-13H2,1-3H3;13H,1-2H2,(H,7,8)(H,9,10)(H,11,12). The van der Waals surface area contributed by atoms with E-state index in [-0.39, 0.29) is 5.91 Å². The molecule has 4 N–H and O–H groups in total. The fraction of sp³-hybridized carbons (Fsp3) is 0.423. The average Bonchev–Trinajstić information content (AvgIpc) is 3.12. The minimum absolute atomic E-state index is 0.196. The van der Waals surface area contributed by atoms with Crippen LogP contribution >= 0.6 is 0 Å². The van der Waals surface area contributed by atoms with Gasteiger partial charge in [0.15, 0.2) is 5.60 Å².